The summed E-state index contributed by atoms with van der Waals surface area (Å²) >= 11 is 1.59. The van der Waals surface area contributed by atoms with Crippen LogP contribution in [0.1, 0.15) is 17.3 Å². The van der Waals surface area contributed by atoms with E-state index in [1.807, 2.05) is 54.9 Å². The molecule has 0 spiro atoms. The molecular weight excluding hydrogens is 501 g/mol. The number of aromatic nitrogens is 2. The van der Waals surface area contributed by atoms with Gasteiger partial charge in [0.2, 0.25) is 5.91 Å². The normalized spacial score (nSPS) is 13.9. The number of pyridine rings is 1. The molecule has 0 radical (unpaired) electrons. The molecule has 0 bridgehead atoms. The van der Waals surface area contributed by atoms with Crippen LogP contribution in [0, 0.1) is 5.82 Å². The van der Waals surface area contributed by atoms with E-state index in [1.54, 1.807) is 34.6 Å². The Kier molecular flexibility index (Phi) is 6.21. The zero-order chi connectivity index (χ0) is 26.2. The first kappa shape index (κ1) is 24.0. The number of carbonyl (C=O) groups excluding carboxylic acids is 2. The number of anilines is 2. The van der Waals surface area contributed by atoms with Crippen molar-refractivity contribution in [3.8, 4) is 11.1 Å². The Morgan fingerprint density at radius 1 is 1.03 bits per heavy atom. The van der Waals surface area contributed by atoms with E-state index in [2.05, 4.69) is 15.3 Å². The number of thiazole rings is 1. The van der Waals surface area contributed by atoms with Crippen molar-refractivity contribution in [2.75, 3.05) is 31.5 Å². The highest BCUT2D eigenvalue weighted by atomic mass is 32.1. The summed E-state index contributed by atoms with van der Waals surface area (Å²) < 4.78 is 16.5. The van der Waals surface area contributed by atoms with E-state index in [1.165, 1.54) is 11.0 Å². The van der Waals surface area contributed by atoms with E-state index in [4.69, 9.17) is 0 Å². The van der Waals surface area contributed by atoms with Crippen molar-refractivity contribution in [3.05, 3.63) is 83.8 Å². The molecule has 1 N–H and O–H groups in total. The Labute approximate surface area is 222 Å². The second-order valence-electron chi connectivity index (χ2n) is 9.15. The molecule has 1 saturated heterocycles. The number of hydrogen-bond acceptors (Lipinski definition) is 6. The molecule has 6 rings (SSSR count). The van der Waals surface area contributed by atoms with Crippen LogP contribution >= 0.6 is 11.3 Å². The van der Waals surface area contributed by atoms with Crippen molar-refractivity contribution in [3.63, 3.8) is 0 Å². The number of carbonyl (C=O) groups is 2. The van der Waals surface area contributed by atoms with Crippen LogP contribution in [-0.4, -0.2) is 57.8 Å². The van der Waals surface area contributed by atoms with Gasteiger partial charge in [0.1, 0.15) is 12.4 Å². The molecule has 1 aliphatic rings. The molecule has 9 heteroatoms. The van der Waals surface area contributed by atoms with Gasteiger partial charge in [0, 0.05) is 53.7 Å². The van der Waals surface area contributed by atoms with E-state index in [-0.39, 0.29) is 23.9 Å². The van der Waals surface area contributed by atoms with Gasteiger partial charge in [0.25, 0.3) is 5.91 Å². The first-order valence-corrected chi connectivity index (χ1v) is 13.2. The molecule has 0 aliphatic carbocycles. The van der Waals surface area contributed by atoms with Crippen molar-refractivity contribution in [1.29, 1.82) is 0 Å². The minimum Gasteiger partial charge on any atom is -0.355 e. The molecule has 7 nitrogen and oxygen atoms in total. The minimum absolute atomic E-state index is 0.0128. The third kappa shape index (κ3) is 4.45. The summed E-state index contributed by atoms with van der Waals surface area (Å²) in [5, 5.41) is 4.29. The maximum absolute atomic E-state index is 15.3. The second-order valence-corrected chi connectivity index (χ2v) is 10.0. The maximum Gasteiger partial charge on any atom is 0.254 e. The van der Waals surface area contributed by atoms with Gasteiger partial charge >= 0.3 is 0 Å². The average molecular weight is 526 g/mol. The molecule has 1 fully saturated rings. The molecular formula is C29H24FN5O2S. The molecule has 38 heavy (non-hydrogen) atoms. The fourth-order valence-electron chi connectivity index (χ4n) is 4.79. The number of nitrogens with zero attached hydrogens (tertiary/aromatic N) is 4. The van der Waals surface area contributed by atoms with Crippen LogP contribution in [0.15, 0.2) is 72.4 Å². The predicted octanol–water partition coefficient (Wildman–Crippen LogP) is 5.70. The first-order chi connectivity index (χ1) is 18.5. The van der Waals surface area contributed by atoms with Gasteiger partial charge in [0.15, 0.2) is 0 Å². The predicted molar refractivity (Wildman–Crippen MR) is 148 cm³/mol. The Bertz CT molecular complexity index is 1700. The fraction of sp³-hybridized carbons (Fsp3) is 0.172. The van der Waals surface area contributed by atoms with Crippen LogP contribution in [0.25, 0.3) is 32.2 Å². The summed E-state index contributed by atoms with van der Waals surface area (Å²) in [4.78, 5) is 37.2. The topological polar surface area (TPSA) is 78.4 Å². The Hall–Kier alpha value is -4.37. The van der Waals surface area contributed by atoms with Crippen LogP contribution in [0.2, 0.25) is 0 Å². The first-order valence-electron chi connectivity index (χ1n) is 12.4. The third-order valence-corrected chi connectivity index (χ3v) is 7.68. The summed E-state index contributed by atoms with van der Waals surface area (Å²) in [7, 11) is 0. The van der Waals surface area contributed by atoms with Gasteiger partial charge in [-0.2, -0.15) is 0 Å². The Balaban J connectivity index is 1.28. The number of piperazine rings is 1. The van der Waals surface area contributed by atoms with Crippen LogP contribution in [-0.2, 0) is 4.79 Å². The lowest BCUT2D eigenvalue weighted by Gasteiger charge is -2.33. The maximum atomic E-state index is 15.3. The van der Waals surface area contributed by atoms with Crippen molar-refractivity contribution in [1.82, 2.24) is 19.8 Å². The van der Waals surface area contributed by atoms with Gasteiger partial charge in [-0.3, -0.25) is 14.6 Å². The van der Waals surface area contributed by atoms with Crippen LogP contribution < -0.4 is 5.32 Å². The molecule has 2 amide bonds. The van der Waals surface area contributed by atoms with Gasteiger partial charge in [-0.25, -0.2) is 9.37 Å². The van der Waals surface area contributed by atoms with Crippen molar-refractivity contribution >= 4 is 55.6 Å². The largest absolute Gasteiger partial charge is 0.355 e. The van der Waals surface area contributed by atoms with Gasteiger partial charge in [0.05, 0.1) is 21.2 Å². The summed E-state index contributed by atoms with van der Waals surface area (Å²) in [6.07, 6.45) is 1.73. The monoisotopic (exact) mass is 525 g/mol. The van der Waals surface area contributed by atoms with Crippen molar-refractivity contribution in [2.24, 2.45) is 0 Å². The molecule has 3 aromatic carbocycles. The molecule has 3 heterocycles. The molecule has 1 aliphatic heterocycles. The number of amides is 2. The number of hydrogen-bond donors (Lipinski definition) is 1. The number of likely N-dealkylation sites (N-methyl/N-ethyl adjacent to an activating group) is 1. The number of benzene rings is 3. The van der Waals surface area contributed by atoms with Gasteiger partial charge < -0.3 is 15.1 Å². The zero-order valence-electron chi connectivity index (χ0n) is 20.6. The number of nitrogens with one attached hydrogen (secondary N) is 1. The summed E-state index contributed by atoms with van der Waals surface area (Å²) in [6.45, 7) is 3.46. The number of halogens is 1. The molecule has 0 saturated carbocycles. The highest BCUT2D eigenvalue weighted by Crippen LogP contribution is 2.32. The minimum atomic E-state index is -0.499. The Morgan fingerprint density at radius 2 is 1.92 bits per heavy atom. The van der Waals surface area contributed by atoms with Crippen molar-refractivity contribution < 1.29 is 14.0 Å². The van der Waals surface area contributed by atoms with Crippen LogP contribution in [0.4, 0.5) is 15.8 Å². The van der Waals surface area contributed by atoms with Crippen LogP contribution in [0.5, 0.6) is 0 Å². The molecule has 2 aromatic heterocycles. The van der Waals surface area contributed by atoms with E-state index in [9.17, 15) is 9.59 Å². The van der Waals surface area contributed by atoms with E-state index >= 15 is 4.39 Å². The molecule has 0 unspecified atom stereocenters. The number of rotatable bonds is 5. The standard InChI is InChI=1S/C29H24FN5O2S/c1-2-34-11-12-35(16-28(34)36)29(37)19-3-6-21(23(30)14-19)18-4-7-24-22(13-18)25(9-10-31-24)33-20-5-8-27-26(15-20)32-17-38-27/h3-10,13-15,17H,2,11-12,16H2,1H3,(H,31,33). The highest BCUT2D eigenvalue weighted by molar-refractivity contribution is 7.16. The summed E-state index contributed by atoms with van der Waals surface area (Å²) in [5.41, 5.74) is 6.54. The lowest BCUT2D eigenvalue weighted by atomic mass is 10.00. The second kappa shape index (κ2) is 9.83. The average Bonchev–Trinajstić information content (AvgIpc) is 3.40. The lowest BCUT2D eigenvalue weighted by Crippen LogP contribution is -2.52. The fourth-order valence-corrected chi connectivity index (χ4v) is 5.45. The van der Waals surface area contributed by atoms with Gasteiger partial charge in [-0.05, 0) is 61.0 Å². The SMILES string of the molecule is CCN1CCN(C(=O)c2ccc(-c3ccc4nccc(Nc5ccc6scnc6c5)c4c3)c(F)c2)CC1=O. The Morgan fingerprint density at radius 3 is 2.74 bits per heavy atom. The summed E-state index contributed by atoms with van der Waals surface area (Å²) in [5.74, 6) is -0.934. The van der Waals surface area contributed by atoms with Crippen LogP contribution in [0.3, 0.4) is 0 Å². The van der Waals surface area contributed by atoms with Crippen molar-refractivity contribution in [2.45, 2.75) is 6.92 Å². The molecule has 5 aromatic rings. The lowest BCUT2D eigenvalue weighted by molar-refractivity contribution is -0.134. The van der Waals surface area contributed by atoms with Gasteiger partial charge in [-0.1, -0.05) is 12.1 Å². The van der Waals surface area contributed by atoms with Gasteiger partial charge in [-0.15, -0.1) is 11.3 Å². The zero-order valence-corrected chi connectivity index (χ0v) is 21.5. The smallest absolute Gasteiger partial charge is 0.254 e. The molecule has 190 valence electrons. The molecule has 0 atom stereocenters. The quantitative estimate of drug-likeness (QED) is 0.319. The van der Waals surface area contributed by atoms with E-state index < -0.39 is 5.82 Å². The van der Waals surface area contributed by atoms with E-state index in [0.29, 0.717) is 30.8 Å². The number of fused-ring (bicyclic) bond motifs is 2. The highest BCUT2D eigenvalue weighted by Gasteiger charge is 2.27. The summed E-state index contributed by atoms with van der Waals surface area (Å²) in [6, 6.07) is 18.0. The third-order valence-electron chi connectivity index (χ3n) is 6.87. The van der Waals surface area contributed by atoms with E-state index in [0.717, 1.165) is 32.5 Å².